The van der Waals surface area contributed by atoms with E-state index in [1.807, 2.05) is 19.1 Å². The van der Waals surface area contributed by atoms with E-state index in [0.717, 1.165) is 36.6 Å². The molecule has 3 nitrogen and oxygen atoms in total. The molecule has 0 spiro atoms. The lowest BCUT2D eigenvalue weighted by Crippen LogP contribution is -2.27. The second-order valence-corrected chi connectivity index (χ2v) is 3.58. The van der Waals surface area contributed by atoms with E-state index in [1.54, 1.807) is 7.11 Å². The van der Waals surface area contributed by atoms with Gasteiger partial charge in [0.15, 0.2) is 0 Å². The minimum absolute atomic E-state index is 0.723. The van der Waals surface area contributed by atoms with E-state index in [1.165, 1.54) is 0 Å². The minimum Gasteiger partial charge on any atom is -0.397 e. The molecule has 0 bridgehead atoms. The number of rotatable bonds is 5. The van der Waals surface area contributed by atoms with E-state index >= 15 is 0 Å². The molecule has 84 valence electrons. The molecule has 2 N–H and O–H groups in total. The fourth-order valence-electron chi connectivity index (χ4n) is 1.59. The van der Waals surface area contributed by atoms with Crippen molar-refractivity contribution in [2.45, 2.75) is 13.8 Å². The first kappa shape index (κ1) is 11.9. The number of ether oxygens (including phenoxy) is 1. The summed E-state index contributed by atoms with van der Waals surface area (Å²) in [6.45, 7) is 6.69. The van der Waals surface area contributed by atoms with Gasteiger partial charge in [0.05, 0.1) is 18.0 Å². The molecule has 1 aromatic rings. The van der Waals surface area contributed by atoms with Crippen molar-refractivity contribution in [1.29, 1.82) is 0 Å². The van der Waals surface area contributed by atoms with Crippen LogP contribution in [0.5, 0.6) is 0 Å². The standard InChI is InChI=1S/C12H20N2O/c1-4-14(8-9-15-3)11-7-5-6-10(2)12(11)13/h5-7H,4,8-9,13H2,1-3H3. The summed E-state index contributed by atoms with van der Waals surface area (Å²) in [7, 11) is 1.72. The SMILES string of the molecule is CCN(CCOC)c1cccc(C)c1N. The lowest BCUT2D eigenvalue weighted by atomic mass is 10.1. The van der Waals surface area contributed by atoms with Crippen LogP contribution in [0.2, 0.25) is 0 Å². The Balaban J connectivity index is 2.86. The zero-order chi connectivity index (χ0) is 11.3. The molecule has 0 fully saturated rings. The fraction of sp³-hybridized carbons (Fsp3) is 0.500. The molecule has 0 aliphatic rings. The number of nitrogens with two attached hydrogens (primary N) is 1. The predicted molar refractivity (Wildman–Crippen MR) is 65.4 cm³/mol. The average Bonchev–Trinajstić information content (AvgIpc) is 2.25. The molecular weight excluding hydrogens is 188 g/mol. The molecule has 1 aromatic carbocycles. The van der Waals surface area contributed by atoms with E-state index in [2.05, 4.69) is 17.9 Å². The van der Waals surface area contributed by atoms with Gasteiger partial charge in [0.1, 0.15) is 0 Å². The van der Waals surface area contributed by atoms with Crippen LogP contribution >= 0.6 is 0 Å². The van der Waals surface area contributed by atoms with Crippen molar-refractivity contribution in [2.75, 3.05) is 37.4 Å². The van der Waals surface area contributed by atoms with Gasteiger partial charge >= 0.3 is 0 Å². The predicted octanol–water partition coefficient (Wildman–Crippen LogP) is 2.05. The van der Waals surface area contributed by atoms with Crippen molar-refractivity contribution in [3.8, 4) is 0 Å². The maximum Gasteiger partial charge on any atom is 0.0637 e. The van der Waals surface area contributed by atoms with Gasteiger partial charge in [0, 0.05) is 20.2 Å². The number of methoxy groups -OCH3 is 1. The largest absolute Gasteiger partial charge is 0.397 e. The Hall–Kier alpha value is -1.22. The van der Waals surface area contributed by atoms with Crippen LogP contribution in [0.4, 0.5) is 11.4 Å². The minimum atomic E-state index is 0.723. The van der Waals surface area contributed by atoms with Crippen LogP contribution in [0.15, 0.2) is 18.2 Å². The van der Waals surface area contributed by atoms with Gasteiger partial charge in [-0.25, -0.2) is 0 Å². The van der Waals surface area contributed by atoms with Crippen molar-refractivity contribution in [3.63, 3.8) is 0 Å². The molecule has 0 radical (unpaired) electrons. The number of hydrogen-bond donors (Lipinski definition) is 1. The summed E-state index contributed by atoms with van der Waals surface area (Å²) in [6, 6.07) is 6.13. The maximum absolute atomic E-state index is 6.05. The first-order valence-corrected chi connectivity index (χ1v) is 5.29. The Bertz CT molecular complexity index is 312. The van der Waals surface area contributed by atoms with E-state index in [0.29, 0.717) is 0 Å². The smallest absolute Gasteiger partial charge is 0.0637 e. The fourth-order valence-corrected chi connectivity index (χ4v) is 1.59. The Kier molecular flexibility index (Phi) is 4.43. The third kappa shape index (κ3) is 2.86. The molecule has 0 aliphatic carbocycles. The van der Waals surface area contributed by atoms with Gasteiger partial charge in [0.2, 0.25) is 0 Å². The van der Waals surface area contributed by atoms with Crippen LogP contribution in [-0.4, -0.2) is 26.8 Å². The lowest BCUT2D eigenvalue weighted by molar-refractivity contribution is 0.205. The Morgan fingerprint density at radius 2 is 2.13 bits per heavy atom. The molecule has 0 atom stereocenters. The molecule has 0 aliphatic heterocycles. The van der Waals surface area contributed by atoms with Crippen LogP contribution in [0.3, 0.4) is 0 Å². The van der Waals surface area contributed by atoms with Crippen molar-refractivity contribution in [3.05, 3.63) is 23.8 Å². The van der Waals surface area contributed by atoms with Gasteiger partial charge in [-0.15, -0.1) is 0 Å². The normalized spacial score (nSPS) is 10.3. The monoisotopic (exact) mass is 208 g/mol. The third-order valence-corrected chi connectivity index (χ3v) is 2.59. The lowest BCUT2D eigenvalue weighted by Gasteiger charge is -2.24. The first-order chi connectivity index (χ1) is 7.20. The van der Waals surface area contributed by atoms with Crippen molar-refractivity contribution < 1.29 is 4.74 Å². The van der Waals surface area contributed by atoms with Gasteiger partial charge in [-0.2, -0.15) is 0 Å². The van der Waals surface area contributed by atoms with Crippen LogP contribution < -0.4 is 10.6 Å². The van der Waals surface area contributed by atoms with Crippen molar-refractivity contribution in [2.24, 2.45) is 0 Å². The van der Waals surface area contributed by atoms with Gasteiger partial charge in [-0.05, 0) is 25.5 Å². The highest BCUT2D eigenvalue weighted by Gasteiger charge is 2.08. The molecule has 15 heavy (non-hydrogen) atoms. The summed E-state index contributed by atoms with van der Waals surface area (Å²) in [5.41, 5.74) is 9.15. The molecule has 1 rings (SSSR count). The molecule has 0 amide bonds. The van der Waals surface area contributed by atoms with E-state index in [-0.39, 0.29) is 0 Å². The van der Waals surface area contributed by atoms with Crippen LogP contribution in [0, 0.1) is 6.92 Å². The Labute approximate surface area is 91.8 Å². The highest BCUT2D eigenvalue weighted by molar-refractivity contribution is 5.70. The summed E-state index contributed by atoms with van der Waals surface area (Å²) in [5, 5.41) is 0. The number of aryl methyl sites for hydroxylation is 1. The van der Waals surface area contributed by atoms with Crippen molar-refractivity contribution in [1.82, 2.24) is 0 Å². The Morgan fingerprint density at radius 1 is 1.40 bits per heavy atom. The zero-order valence-corrected chi connectivity index (χ0v) is 9.79. The first-order valence-electron chi connectivity index (χ1n) is 5.29. The summed E-state index contributed by atoms with van der Waals surface area (Å²) >= 11 is 0. The molecule has 3 heteroatoms. The van der Waals surface area contributed by atoms with Crippen LogP contribution in [0.25, 0.3) is 0 Å². The van der Waals surface area contributed by atoms with Gasteiger partial charge in [0.25, 0.3) is 0 Å². The summed E-state index contributed by atoms with van der Waals surface area (Å²) in [5.74, 6) is 0. The summed E-state index contributed by atoms with van der Waals surface area (Å²) in [4.78, 5) is 2.23. The number of benzene rings is 1. The number of likely N-dealkylation sites (N-methyl/N-ethyl adjacent to an activating group) is 1. The molecular formula is C12H20N2O. The van der Waals surface area contributed by atoms with E-state index in [9.17, 15) is 0 Å². The van der Waals surface area contributed by atoms with Gasteiger partial charge in [-0.1, -0.05) is 12.1 Å². The number of anilines is 2. The average molecular weight is 208 g/mol. The molecule has 0 aromatic heterocycles. The van der Waals surface area contributed by atoms with E-state index < -0.39 is 0 Å². The number of nitrogens with zero attached hydrogens (tertiary/aromatic N) is 1. The van der Waals surface area contributed by atoms with Gasteiger partial charge < -0.3 is 15.4 Å². The van der Waals surface area contributed by atoms with Crippen LogP contribution in [-0.2, 0) is 4.74 Å². The second-order valence-electron chi connectivity index (χ2n) is 3.58. The zero-order valence-electron chi connectivity index (χ0n) is 9.79. The summed E-state index contributed by atoms with van der Waals surface area (Å²) < 4.78 is 5.08. The number of para-hydroxylation sites is 1. The second kappa shape index (κ2) is 5.61. The van der Waals surface area contributed by atoms with E-state index in [4.69, 9.17) is 10.5 Å². The number of nitrogen functional groups attached to an aromatic ring is 1. The maximum atomic E-state index is 6.05. The molecule has 0 saturated carbocycles. The molecule has 0 heterocycles. The van der Waals surface area contributed by atoms with Gasteiger partial charge in [-0.3, -0.25) is 0 Å². The third-order valence-electron chi connectivity index (χ3n) is 2.59. The van der Waals surface area contributed by atoms with Crippen LogP contribution in [0.1, 0.15) is 12.5 Å². The highest BCUT2D eigenvalue weighted by atomic mass is 16.5. The summed E-state index contributed by atoms with van der Waals surface area (Å²) in [6.07, 6.45) is 0. The number of hydrogen-bond acceptors (Lipinski definition) is 3. The molecule has 0 unspecified atom stereocenters. The quantitative estimate of drug-likeness (QED) is 0.753. The molecule has 0 saturated heterocycles. The Morgan fingerprint density at radius 3 is 2.73 bits per heavy atom. The highest BCUT2D eigenvalue weighted by Crippen LogP contribution is 2.25. The topological polar surface area (TPSA) is 38.5 Å². The van der Waals surface area contributed by atoms with Crippen molar-refractivity contribution >= 4 is 11.4 Å².